The normalized spacial score (nSPS) is 18.8. The molecule has 1 aromatic heterocycles. The predicted molar refractivity (Wildman–Crippen MR) is 95.1 cm³/mol. The van der Waals surface area contributed by atoms with E-state index in [2.05, 4.69) is 23.8 Å². The molecule has 2 heterocycles. The highest BCUT2D eigenvalue weighted by atomic mass is 35.5. The average molecular weight is 354 g/mol. The first kappa shape index (κ1) is 19.0. The minimum atomic E-state index is -0.988. The van der Waals surface area contributed by atoms with Gasteiger partial charge in [-0.1, -0.05) is 39.3 Å². The van der Waals surface area contributed by atoms with E-state index in [1.165, 1.54) is 12.4 Å². The number of ether oxygens (including phenoxy) is 1. The molecule has 2 rings (SSSR count). The van der Waals surface area contributed by atoms with Crippen molar-refractivity contribution in [3.05, 3.63) is 17.4 Å². The van der Waals surface area contributed by atoms with Gasteiger partial charge in [0.15, 0.2) is 5.60 Å². The second-order valence-electron chi connectivity index (χ2n) is 7.42. The smallest absolute Gasteiger partial charge is 0.317 e. The summed E-state index contributed by atoms with van der Waals surface area (Å²) in [6, 6.07) is 0.181. The quantitative estimate of drug-likeness (QED) is 0.807. The molecule has 0 bridgehead atoms. The summed E-state index contributed by atoms with van der Waals surface area (Å²) in [4.78, 5) is 23.2. The van der Waals surface area contributed by atoms with E-state index in [0.29, 0.717) is 16.9 Å². The lowest BCUT2D eigenvalue weighted by atomic mass is 9.85. The molecule has 1 amide bonds. The first-order valence-electron chi connectivity index (χ1n) is 8.70. The van der Waals surface area contributed by atoms with Gasteiger partial charge >= 0.3 is 6.01 Å². The molecule has 0 spiro atoms. The number of piperidine rings is 1. The van der Waals surface area contributed by atoms with Crippen molar-refractivity contribution in [3.63, 3.8) is 0 Å². The SMILES string of the molecule is CC(C)C1CCN(C(=O)C(C)(Oc2ncc(Cl)cn2)C(C)C)CC1. The molecule has 1 aliphatic rings. The molecular formula is C18H28ClN3O2. The monoisotopic (exact) mass is 353 g/mol. The van der Waals surface area contributed by atoms with Gasteiger partial charge in [-0.15, -0.1) is 0 Å². The highest BCUT2D eigenvalue weighted by Gasteiger charge is 2.43. The summed E-state index contributed by atoms with van der Waals surface area (Å²) in [5.74, 6) is 1.36. The molecule has 1 atom stereocenters. The van der Waals surface area contributed by atoms with Gasteiger partial charge < -0.3 is 9.64 Å². The molecule has 0 aromatic carbocycles. The molecule has 5 nitrogen and oxygen atoms in total. The second-order valence-corrected chi connectivity index (χ2v) is 7.86. The molecule has 0 N–H and O–H groups in total. The standard InChI is InChI=1S/C18H28ClN3O2/c1-12(2)14-6-8-22(9-7-14)16(23)18(5,13(3)4)24-17-20-10-15(19)11-21-17/h10-14H,6-9H2,1-5H3. The molecule has 0 aliphatic carbocycles. The first-order valence-corrected chi connectivity index (χ1v) is 9.07. The minimum Gasteiger partial charge on any atom is -0.447 e. The molecule has 1 fully saturated rings. The van der Waals surface area contributed by atoms with E-state index >= 15 is 0 Å². The third-order valence-electron chi connectivity index (χ3n) is 5.20. The van der Waals surface area contributed by atoms with Crippen LogP contribution in [0.4, 0.5) is 0 Å². The largest absolute Gasteiger partial charge is 0.447 e. The fourth-order valence-corrected chi connectivity index (χ4v) is 3.13. The molecule has 1 saturated heterocycles. The maximum Gasteiger partial charge on any atom is 0.317 e. The first-order chi connectivity index (χ1) is 11.2. The topological polar surface area (TPSA) is 55.3 Å². The number of carbonyl (C=O) groups excluding carboxylic acids is 1. The van der Waals surface area contributed by atoms with Gasteiger partial charge in [-0.3, -0.25) is 4.79 Å². The van der Waals surface area contributed by atoms with Crippen molar-refractivity contribution in [1.82, 2.24) is 14.9 Å². The minimum absolute atomic E-state index is 0.00731. The van der Waals surface area contributed by atoms with Gasteiger partial charge in [-0.2, -0.15) is 0 Å². The van der Waals surface area contributed by atoms with Crippen LogP contribution in [-0.4, -0.2) is 39.5 Å². The fourth-order valence-electron chi connectivity index (χ4n) is 3.03. The van der Waals surface area contributed by atoms with E-state index in [0.717, 1.165) is 25.9 Å². The summed E-state index contributed by atoms with van der Waals surface area (Å²) in [5.41, 5.74) is -0.988. The van der Waals surface area contributed by atoms with Gasteiger partial charge in [-0.25, -0.2) is 9.97 Å². The van der Waals surface area contributed by atoms with Gasteiger partial charge in [0.2, 0.25) is 0 Å². The summed E-state index contributed by atoms with van der Waals surface area (Å²) in [7, 11) is 0. The number of nitrogens with zero attached hydrogens (tertiary/aromatic N) is 3. The number of carbonyl (C=O) groups is 1. The highest BCUT2D eigenvalue weighted by Crippen LogP contribution is 2.30. The van der Waals surface area contributed by atoms with Gasteiger partial charge in [0.25, 0.3) is 5.91 Å². The maximum atomic E-state index is 13.1. The number of amides is 1. The third kappa shape index (κ3) is 4.18. The number of halogens is 1. The molecule has 1 unspecified atom stereocenters. The predicted octanol–water partition coefficient (Wildman–Crippen LogP) is 3.82. The third-order valence-corrected chi connectivity index (χ3v) is 5.39. The fraction of sp³-hybridized carbons (Fsp3) is 0.722. The number of rotatable bonds is 5. The Hall–Kier alpha value is -1.36. The van der Waals surface area contributed by atoms with Gasteiger partial charge in [-0.05, 0) is 31.6 Å². The lowest BCUT2D eigenvalue weighted by molar-refractivity contribution is -0.153. The highest BCUT2D eigenvalue weighted by molar-refractivity contribution is 6.30. The van der Waals surface area contributed by atoms with E-state index in [1.807, 2.05) is 25.7 Å². The number of likely N-dealkylation sites (tertiary alicyclic amines) is 1. The Morgan fingerprint density at radius 1 is 1.25 bits per heavy atom. The molecule has 6 heteroatoms. The van der Waals surface area contributed by atoms with E-state index in [-0.39, 0.29) is 17.8 Å². The van der Waals surface area contributed by atoms with Crippen LogP contribution < -0.4 is 4.74 Å². The zero-order chi connectivity index (χ0) is 17.9. The summed E-state index contributed by atoms with van der Waals surface area (Å²) in [6.45, 7) is 11.9. The molecule has 0 saturated carbocycles. The van der Waals surface area contributed by atoms with Crippen LogP contribution in [0, 0.1) is 17.8 Å². The summed E-state index contributed by atoms with van der Waals surface area (Å²) >= 11 is 5.81. The van der Waals surface area contributed by atoms with Crippen molar-refractivity contribution in [1.29, 1.82) is 0 Å². The lowest BCUT2D eigenvalue weighted by Gasteiger charge is -2.40. The summed E-state index contributed by atoms with van der Waals surface area (Å²) in [6.07, 6.45) is 5.05. The van der Waals surface area contributed by atoms with Crippen molar-refractivity contribution in [3.8, 4) is 6.01 Å². The average Bonchev–Trinajstić information content (AvgIpc) is 2.56. The van der Waals surface area contributed by atoms with E-state index in [9.17, 15) is 4.79 Å². The Bertz CT molecular complexity index is 554. The van der Waals surface area contributed by atoms with Crippen LogP contribution in [0.3, 0.4) is 0 Å². The van der Waals surface area contributed by atoms with E-state index < -0.39 is 5.60 Å². The van der Waals surface area contributed by atoms with Crippen molar-refractivity contribution >= 4 is 17.5 Å². The van der Waals surface area contributed by atoms with Crippen molar-refractivity contribution in [2.24, 2.45) is 17.8 Å². The van der Waals surface area contributed by atoms with E-state index in [1.54, 1.807) is 0 Å². The molecular weight excluding hydrogens is 326 g/mol. The maximum absolute atomic E-state index is 13.1. The Labute approximate surface area is 149 Å². The van der Waals surface area contributed by atoms with Gasteiger partial charge in [0.1, 0.15) is 0 Å². The zero-order valence-corrected chi connectivity index (χ0v) is 16.0. The Morgan fingerprint density at radius 3 is 2.25 bits per heavy atom. The molecule has 1 aromatic rings. The van der Waals surface area contributed by atoms with Crippen LogP contribution in [0.15, 0.2) is 12.4 Å². The lowest BCUT2D eigenvalue weighted by Crippen LogP contribution is -2.56. The Balaban J connectivity index is 2.11. The number of hydrogen-bond donors (Lipinski definition) is 0. The van der Waals surface area contributed by atoms with Crippen molar-refractivity contribution in [2.75, 3.05) is 13.1 Å². The van der Waals surface area contributed by atoms with Crippen LogP contribution in [0.5, 0.6) is 6.01 Å². The molecule has 134 valence electrons. The Kier molecular flexibility index (Phi) is 6.07. The van der Waals surface area contributed by atoms with Gasteiger partial charge in [0.05, 0.1) is 17.4 Å². The van der Waals surface area contributed by atoms with Crippen LogP contribution >= 0.6 is 11.6 Å². The molecule has 24 heavy (non-hydrogen) atoms. The zero-order valence-electron chi connectivity index (χ0n) is 15.3. The number of hydrogen-bond acceptors (Lipinski definition) is 4. The van der Waals surface area contributed by atoms with Gasteiger partial charge in [0, 0.05) is 19.0 Å². The van der Waals surface area contributed by atoms with E-state index in [4.69, 9.17) is 16.3 Å². The Morgan fingerprint density at radius 2 is 1.79 bits per heavy atom. The van der Waals surface area contributed by atoms with Crippen LogP contribution in [-0.2, 0) is 4.79 Å². The number of aromatic nitrogens is 2. The molecule has 0 radical (unpaired) electrons. The summed E-state index contributed by atoms with van der Waals surface area (Å²) < 4.78 is 5.94. The summed E-state index contributed by atoms with van der Waals surface area (Å²) in [5, 5.41) is 0.440. The van der Waals surface area contributed by atoms with Crippen LogP contribution in [0.1, 0.15) is 47.5 Å². The second kappa shape index (κ2) is 7.68. The van der Waals surface area contributed by atoms with Crippen LogP contribution in [0.2, 0.25) is 5.02 Å². The van der Waals surface area contributed by atoms with Crippen LogP contribution in [0.25, 0.3) is 0 Å². The molecule has 1 aliphatic heterocycles. The van der Waals surface area contributed by atoms with Crippen molar-refractivity contribution in [2.45, 2.75) is 53.1 Å². The van der Waals surface area contributed by atoms with Crippen molar-refractivity contribution < 1.29 is 9.53 Å².